The molecule has 2 N–H and O–H groups in total. The lowest BCUT2D eigenvalue weighted by Gasteiger charge is -2.09. The molecule has 0 aliphatic carbocycles. The first-order chi connectivity index (χ1) is 7.65. The minimum absolute atomic E-state index is 0.202. The second kappa shape index (κ2) is 7.02. The van der Waals surface area contributed by atoms with E-state index in [1.165, 1.54) is 37.0 Å². The van der Waals surface area contributed by atoms with Crippen LogP contribution in [0.3, 0.4) is 0 Å². The minimum Gasteiger partial charge on any atom is -0.323 e. The summed E-state index contributed by atoms with van der Waals surface area (Å²) in [6.07, 6.45) is 7.68. The van der Waals surface area contributed by atoms with Gasteiger partial charge in [-0.1, -0.05) is 39.0 Å². The van der Waals surface area contributed by atoms with Crippen molar-refractivity contribution < 1.29 is 0 Å². The molecular formula is C13H24N2S. The van der Waals surface area contributed by atoms with Gasteiger partial charge in [-0.25, -0.2) is 4.98 Å². The average molecular weight is 240 g/mol. The van der Waals surface area contributed by atoms with Crippen LogP contribution in [0.4, 0.5) is 0 Å². The summed E-state index contributed by atoms with van der Waals surface area (Å²) < 4.78 is 0. The number of nitrogens with two attached hydrogens (primary N) is 1. The standard InChI is InChI=1S/C13H24N2S/c1-4-5-6-7-8-9-12(14)13-10(2)15-11(3)16-13/h12H,4-9,14H2,1-3H3. The monoisotopic (exact) mass is 240 g/mol. The van der Waals surface area contributed by atoms with E-state index in [0.717, 1.165) is 17.1 Å². The van der Waals surface area contributed by atoms with E-state index in [0.29, 0.717) is 0 Å². The third-order valence-corrected chi connectivity index (χ3v) is 4.10. The SMILES string of the molecule is CCCCCCCC(N)c1sc(C)nc1C. The molecule has 0 saturated carbocycles. The van der Waals surface area contributed by atoms with Crippen molar-refractivity contribution in [3.05, 3.63) is 15.6 Å². The number of rotatable bonds is 7. The number of unbranched alkanes of at least 4 members (excludes halogenated alkanes) is 4. The number of hydrogen-bond donors (Lipinski definition) is 1. The zero-order chi connectivity index (χ0) is 12.0. The lowest BCUT2D eigenvalue weighted by atomic mass is 10.1. The molecule has 1 aromatic rings. The minimum atomic E-state index is 0.202. The lowest BCUT2D eigenvalue weighted by molar-refractivity contribution is 0.558. The van der Waals surface area contributed by atoms with E-state index in [4.69, 9.17) is 5.73 Å². The van der Waals surface area contributed by atoms with Crippen LogP contribution in [0.1, 0.15) is 67.1 Å². The molecule has 3 heteroatoms. The Kier molecular flexibility index (Phi) is 5.99. The van der Waals surface area contributed by atoms with Gasteiger partial charge in [0.1, 0.15) is 0 Å². The summed E-state index contributed by atoms with van der Waals surface area (Å²) in [5, 5.41) is 1.13. The van der Waals surface area contributed by atoms with Crippen LogP contribution < -0.4 is 5.73 Å². The fourth-order valence-corrected chi connectivity index (χ4v) is 2.95. The summed E-state index contributed by atoms with van der Waals surface area (Å²) >= 11 is 1.75. The number of aryl methyl sites for hydroxylation is 2. The largest absolute Gasteiger partial charge is 0.323 e. The molecule has 0 bridgehead atoms. The Labute approximate surface area is 103 Å². The van der Waals surface area contributed by atoms with E-state index in [1.54, 1.807) is 11.3 Å². The van der Waals surface area contributed by atoms with Crippen LogP contribution in [0, 0.1) is 13.8 Å². The molecule has 1 rings (SSSR count). The Balaban J connectivity index is 2.29. The van der Waals surface area contributed by atoms with Gasteiger partial charge in [0.15, 0.2) is 0 Å². The van der Waals surface area contributed by atoms with Crippen molar-refractivity contribution in [2.24, 2.45) is 5.73 Å². The van der Waals surface area contributed by atoms with Gasteiger partial charge in [0.05, 0.1) is 10.7 Å². The average Bonchev–Trinajstić information content (AvgIpc) is 2.57. The van der Waals surface area contributed by atoms with Crippen LogP contribution in [0.5, 0.6) is 0 Å². The molecule has 0 spiro atoms. The summed E-state index contributed by atoms with van der Waals surface area (Å²) in [5.41, 5.74) is 7.32. The first kappa shape index (κ1) is 13.7. The fraction of sp³-hybridized carbons (Fsp3) is 0.769. The molecule has 1 heterocycles. The van der Waals surface area contributed by atoms with E-state index in [-0.39, 0.29) is 6.04 Å². The second-order valence-corrected chi connectivity index (χ2v) is 5.73. The zero-order valence-electron chi connectivity index (χ0n) is 10.8. The van der Waals surface area contributed by atoms with Gasteiger partial charge in [0, 0.05) is 10.9 Å². The molecule has 2 nitrogen and oxygen atoms in total. The third kappa shape index (κ3) is 4.22. The van der Waals surface area contributed by atoms with E-state index < -0.39 is 0 Å². The maximum Gasteiger partial charge on any atom is 0.0900 e. The third-order valence-electron chi connectivity index (χ3n) is 2.89. The molecule has 0 radical (unpaired) electrons. The van der Waals surface area contributed by atoms with Gasteiger partial charge in [-0.3, -0.25) is 0 Å². The summed E-state index contributed by atoms with van der Waals surface area (Å²) in [5.74, 6) is 0. The molecule has 92 valence electrons. The van der Waals surface area contributed by atoms with Crippen molar-refractivity contribution in [2.45, 2.75) is 65.3 Å². The predicted octanol–water partition coefficient (Wildman–Crippen LogP) is 4.12. The summed E-state index contributed by atoms with van der Waals surface area (Å²) in [6, 6.07) is 0.202. The Morgan fingerprint density at radius 2 is 1.88 bits per heavy atom. The highest BCUT2D eigenvalue weighted by atomic mass is 32.1. The smallest absolute Gasteiger partial charge is 0.0900 e. The van der Waals surface area contributed by atoms with Crippen molar-refractivity contribution in [1.29, 1.82) is 0 Å². The first-order valence-corrected chi connectivity index (χ1v) is 7.16. The molecule has 0 amide bonds. The van der Waals surface area contributed by atoms with Crippen molar-refractivity contribution >= 4 is 11.3 Å². The quantitative estimate of drug-likeness (QED) is 0.728. The predicted molar refractivity (Wildman–Crippen MR) is 71.9 cm³/mol. The number of nitrogens with zero attached hydrogens (tertiary/aromatic N) is 1. The molecule has 1 aromatic heterocycles. The van der Waals surface area contributed by atoms with Gasteiger partial charge in [-0.15, -0.1) is 11.3 Å². The normalized spacial score (nSPS) is 13.0. The van der Waals surface area contributed by atoms with Crippen LogP contribution >= 0.6 is 11.3 Å². The first-order valence-electron chi connectivity index (χ1n) is 6.34. The van der Waals surface area contributed by atoms with Crippen LogP contribution in [-0.2, 0) is 0 Å². The van der Waals surface area contributed by atoms with Gasteiger partial charge >= 0.3 is 0 Å². The highest BCUT2D eigenvalue weighted by Gasteiger charge is 2.12. The number of hydrogen-bond acceptors (Lipinski definition) is 3. The second-order valence-electron chi connectivity index (χ2n) is 4.49. The molecule has 0 saturated heterocycles. The Hall–Kier alpha value is -0.410. The Morgan fingerprint density at radius 3 is 2.44 bits per heavy atom. The van der Waals surface area contributed by atoms with Crippen LogP contribution in [0.15, 0.2) is 0 Å². The molecule has 0 aromatic carbocycles. The molecule has 0 aliphatic heterocycles. The van der Waals surface area contributed by atoms with Gasteiger partial charge in [0.2, 0.25) is 0 Å². The van der Waals surface area contributed by atoms with E-state index >= 15 is 0 Å². The van der Waals surface area contributed by atoms with Crippen molar-refractivity contribution in [1.82, 2.24) is 4.98 Å². The number of thiazole rings is 1. The van der Waals surface area contributed by atoms with E-state index in [2.05, 4.69) is 25.8 Å². The van der Waals surface area contributed by atoms with Crippen molar-refractivity contribution in [3.63, 3.8) is 0 Å². The Morgan fingerprint density at radius 1 is 1.19 bits per heavy atom. The van der Waals surface area contributed by atoms with Crippen molar-refractivity contribution in [3.8, 4) is 0 Å². The fourth-order valence-electron chi connectivity index (χ4n) is 1.99. The Bertz CT molecular complexity index is 307. The highest BCUT2D eigenvalue weighted by molar-refractivity contribution is 7.11. The molecule has 0 aliphatic rings. The van der Waals surface area contributed by atoms with E-state index in [1.807, 2.05) is 0 Å². The van der Waals surface area contributed by atoms with Crippen LogP contribution in [0.2, 0.25) is 0 Å². The summed E-state index contributed by atoms with van der Waals surface area (Å²) in [7, 11) is 0. The lowest BCUT2D eigenvalue weighted by Crippen LogP contribution is -2.09. The molecule has 1 unspecified atom stereocenters. The maximum absolute atomic E-state index is 6.19. The van der Waals surface area contributed by atoms with Gasteiger partial charge in [0.25, 0.3) is 0 Å². The number of aromatic nitrogens is 1. The van der Waals surface area contributed by atoms with Crippen molar-refractivity contribution in [2.75, 3.05) is 0 Å². The molecule has 1 atom stereocenters. The zero-order valence-corrected chi connectivity index (χ0v) is 11.6. The van der Waals surface area contributed by atoms with E-state index in [9.17, 15) is 0 Å². The van der Waals surface area contributed by atoms with Crippen LogP contribution in [-0.4, -0.2) is 4.98 Å². The molecular weight excluding hydrogens is 216 g/mol. The van der Waals surface area contributed by atoms with Crippen LogP contribution in [0.25, 0.3) is 0 Å². The summed E-state index contributed by atoms with van der Waals surface area (Å²) in [4.78, 5) is 5.71. The van der Waals surface area contributed by atoms with Gasteiger partial charge in [-0.2, -0.15) is 0 Å². The molecule has 0 fully saturated rings. The van der Waals surface area contributed by atoms with Gasteiger partial charge in [-0.05, 0) is 20.3 Å². The maximum atomic E-state index is 6.19. The molecule has 16 heavy (non-hydrogen) atoms. The highest BCUT2D eigenvalue weighted by Crippen LogP contribution is 2.26. The topological polar surface area (TPSA) is 38.9 Å². The summed E-state index contributed by atoms with van der Waals surface area (Å²) in [6.45, 7) is 6.36. The van der Waals surface area contributed by atoms with Gasteiger partial charge < -0.3 is 5.73 Å².